The second-order valence-corrected chi connectivity index (χ2v) is 5.46. The lowest BCUT2D eigenvalue weighted by Crippen LogP contribution is -2.59. The van der Waals surface area contributed by atoms with Crippen LogP contribution in [0.15, 0.2) is 16.7 Å². The number of amides is 1. The van der Waals surface area contributed by atoms with Gasteiger partial charge in [-0.05, 0) is 41.3 Å². The number of rotatable bonds is 3. The number of aromatic nitrogens is 1. The molecule has 1 aliphatic carbocycles. The van der Waals surface area contributed by atoms with Gasteiger partial charge in [0, 0.05) is 10.7 Å². The van der Waals surface area contributed by atoms with Gasteiger partial charge in [0.15, 0.2) is 0 Å². The van der Waals surface area contributed by atoms with Crippen molar-refractivity contribution in [3.63, 3.8) is 0 Å². The fraction of sp³-hybridized carbons (Fsp3) is 0.364. The van der Waals surface area contributed by atoms with Gasteiger partial charge in [-0.3, -0.25) is 4.79 Å². The number of pyridine rings is 1. The molecule has 0 atom stereocenters. The van der Waals surface area contributed by atoms with E-state index in [1.165, 1.54) is 12.3 Å². The molecular formula is C11H10BrClN2O3. The number of carbonyl (C=O) groups excluding carboxylic acids is 1. The van der Waals surface area contributed by atoms with Gasteiger partial charge in [-0.25, -0.2) is 9.78 Å². The molecule has 1 aromatic rings. The van der Waals surface area contributed by atoms with E-state index in [1.807, 2.05) is 0 Å². The minimum absolute atomic E-state index is 0.0514. The number of hydrogen-bond acceptors (Lipinski definition) is 3. The van der Waals surface area contributed by atoms with Gasteiger partial charge >= 0.3 is 5.97 Å². The molecule has 2 rings (SSSR count). The zero-order valence-electron chi connectivity index (χ0n) is 9.24. The van der Waals surface area contributed by atoms with Crippen molar-refractivity contribution in [3.05, 3.63) is 27.5 Å². The lowest BCUT2D eigenvalue weighted by Gasteiger charge is -2.38. The molecule has 18 heavy (non-hydrogen) atoms. The van der Waals surface area contributed by atoms with Gasteiger partial charge in [-0.2, -0.15) is 0 Å². The van der Waals surface area contributed by atoms with Crippen LogP contribution in [-0.4, -0.2) is 27.5 Å². The first-order chi connectivity index (χ1) is 8.44. The van der Waals surface area contributed by atoms with E-state index in [-0.39, 0.29) is 10.7 Å². The van der Waals surface area contributed by atoms with Gasteiger partial charge in [0.05, 0.1) is 5.56 Å². The molecule has 1 fully saturated rings. The molecule has 0 radical (unpaired) electrons. The standard InChI is InChI=1S/C11H10BrClN2O3/c12-6-4-7(8(13)14-5-6)9(16)15-11(10(17)18)2-1-3-11/h4-5H,1-3H2,(H,15,16)(H,17,18). The number of carbonyl (C=O) groups is 2. The predicted molar refractivity (Wildman–Crippen MR) is 68.6 cm³/mol. The molecule has 1 amide bonds. The summed E-state index contributed by atoms with van der Waals surface area (Å²) in [4.78, 5) is 27.0. The number of carboxylic acid groups (broad SMARTS) is 1. The van der Waals surface area contributed by atoms with Crippen LogP contribution in [0.2, 0.25) is 5.15 Å². The Morgan fingerprint density at radius 2 is 2.17 bits per heavy atom. The Hall–Kier alpha value is -1.14. The summed E-state index contributed by atoms with van der Waals surface area (Å²) in [7, 11) is 0. The molecule has 0 unspecified atom stereocenters. The molecule has 0 bridgehead atoms. The minimum Gasteiger partial charge on any atom is -0.480 e. The van der Waals surface area contributed by atoms with Crippen LogP contribution in [0.25, 0.3) is 0 Å². The lowest BCUT2D eigenvalue weighted by molar-refractivity contribution is -0.148. The van der Waals surface area contributed by atoms with Crippen LogP contribution in [0.1, 0.15) is 29.6 Å². The van der Waals surface area contributed by atoms with Crippen LogP contribution < -0.4 is 5.32 Å². The molecule has 1 heterocycles. The monoisotopic (exact) mass is 332 g/mol. The van der Waals surface area contributed by atoms with E-state index in [1.54, 1.807) is 0 Å². The summed E-state index contributed by atoms with van der Waals surface area (Å²) >= 11 is 9.01. The predicted octanol–water partition coefficient (Wildman–Crippen LogP) is 2.23. The van der Waals surface area contributed by atoms with Crippen molar-refractivity contribution in [1.82, 2.24) is 10.3 Å². The first-order valence-corrected chi connectivity index (χ1v) is 6.49. The van der Waals surface area contributed by atoms with Crippen molar-refractivity contribution in [2.75, 3.05) is 0 Å². The molecule has 0 aliphatic heterocycles. The molecule has 1 saturated carbocycles. The van der Waals surface area contributed by atoms with Crippen LogP contribution in [0, 0.1) is 0 Å². The van der Waals surface area contributed by atoms with Crippen LogP contribution in [-0.2, 0) is 4.79 Å². The van der Waals surface area contributed by atoms with Gasteiger partial charge in [0.25, 0.3) is 5.91 Å². The summed E-state index contributed by atoms with van der Waals surface area (Å²) in [5, 5.41) is 11.7. The maximum absolute atomic E-state index is 12.0. The molecule has 1 aromatic heterocycles. The summed E-state index contributed by atoms with van der Waals surface area (Å²) in [6, 6.07) is 1.51. The van der Waals surface area contributed by atoms with Crippen molar-refractivity contribution in [2.24, 2.45) is 0 Å². The van der Waals surface area contributed by atoms with E-state index in [2.05, 4.69) is 26.2 Å². The SMILES string of the molecule is O=C(NC1(C(=O)O)CCC1)c1cc(Br)cnc1Cl. The third kappa shape index (κ3) is 2.35. The average Bonchev–Trinajstić information content (AvgIpc) is 2.26. The van der Waals surface area contributed by atoms with Crippen molar-refractivity contribution < 1.29 is 14.7 Å². The number of halogens is 2. The molecule has 0 spiro atoms. The van der Waals surface area contributed by atoms with Crippen LogP contribution >= 0.6 is 27.5 Å². The number of nitrogens with zero attached hydrogens (tertiary/aromatic N) is 1. The van der Waals surface area contributed by atoms with Crippen molar-refractivity contribution in [3.8, 4) is 0 Å². The third-order valence-corrected chi connectivity index (χ3v) is 3.75. The smallest absolute Gasteiger partial charge is 0.329 e. The maximum Gasteiger partial charge on any atom is 0.329 e. The maximum atomic E-state index is 12.0. The van der Waals surface area contributed by atoms with Crippen molar-refractivity contribution >= 4 is 39.4 Å². The summed E-state index contributed by atoms with van der Waals surface area (Å²) in [5.74, 6) is -1.53. The van der Waals surface area contributed by atoms with Gasteiger partial charge in [-0.15, -0.1) is 0 Å². The quantitative estimate of drug-likeness (QED) is 0.831. The second-order valence-electron chi connectivity index (χ2n) is 4.19. The van der Waals surface area contributed by atoms with Gasteiger partial charge in [0.1, 0.15) is 10.7 Å². The summed E-state index contributed by atoms with van der Waals surface area (Å²) < 4.78 is 0.607. The van der Waals surface area contributed by atoms with E-state index < -0.39 is 17.4 Å². The van der Waals surface area contributed by atoms with E-state index in [9.17, 15) is 9.59 Å². The lowest BCUT2D eigenvalue weighted by atomic mass is 9.76. The zero-order valence-corrected chi connectivity index (χ0v) is 11.6. The topological polar surface area (TPSA) is 79.3 Å². The summed E-state index contributed by atoms with van der Waals surface area (Å²) in [6.07, 6.45) is 3.13. The Balaban J connectivity index is 2.22. The molecule has 1 aliphatic rings. The van der Waals surface area contributed by atoms with E-state index in [0.717, 1.165) is 6.42 Å². The van der Waals surface area contributed by atoms with E-state index in [4.69, 9.17) is 16.7 Å². The highest BCUT2D eigenvalue weighted by atomic mass is 79.9. The van der Waals surface area contributed by atoms with Crippen molar-refractivity contribution in [1.29, 1.82) is 0 Å². The Labute approximate surface area is 117 Å². The molecular weight excluding hydrogens is 323 g/mol. The van der Waals surface area contributed by atoms with Crippen LogP contribution in [0.3, 0.4) is 0 Å². The summed E-state index contributed by atoms with van der Waals surface area (Å²) in [6.45, 7) is 0. The normalized spacial score (nSPS) is 16.8. The molecule has 2 N–H and O–H groups in total. The Morgan fingerprint density at radius 3 is 2.67 bits per heavy atom. The first kappa shape index (κ1) is 13.3. The van der Waals surface area contributed by atoms with E-state index >= 15 is 0 Å². The molecule has 5 nitrogen and oxygen atoms in total. The third-order valence-electron chi connectivity index (χ3n) is 3.02. The largest absolute Gasteiger partial charge is 0.480 e. The zero-order chi connectivity index (χ0) is 13.3. The van der Waals surface area contributed by atoms with Crippen LogP contribution in [0.4, 0.5) is 0 Å². The highest BCUT2D eigenvalue weighted by molar-refractivity contribution is 9.10. The van der Waals surface area contributed by atoms with Gasteiger partial charge < -0.3 is 10.4 Å². The Bertz CT molecular complexity index is 517. The molecule has 0 saturated heterocycles. The highest BCUT2D eigenvalue weighted by Gasteiger charge is 2.46. The first-order valence-electron chi connectivity index (χ1n) is 5.31. The Kier molecular flexibility index (Phi) is 3.59. The summed E-state index contributed by atoms with van der Waals surface area (Å²) in [5.41, 5.74) is -0.985. The van der Waals surface area contributed by atoms with Gasteiger partial charge in [-0.1, -0.05) is 11.6 Å². The molecule has 7 heteroatoms. The molecule has 96 valence electrons. The fourth-order valence-corrected chi connectivity index (χ4v) is 2.31. The molecule has 0 aromatic carbocycles. The number of carboxylic acids is 1. The average molecular weight is 334 g/mol. The van der Waals surface area contributed by atoms with Crippen LogP contribution in [0.5, 0.6) is 0 Å². The number of aliphatic carboxylic acids is 1. The van der Waals surface area contributed by atoms with Crippen molar-refractivity contribution in [2.45, 2.75) is 24.8 Å². The minimum atomic E-state index is -1.15. The number of nitrogens with one attached hydrogen (secondary N) is 1. The van der Waals surface area contributed by atoms with Gasteiger partial charge in [0.2, 0.25) is 0 Å². The van der Waals surface area contributed by atoms with E-state index in [0.29, 0.717) is 17.3 Å². The Morgan fingerprint density at radius 1 is 1.50 bits per heavy atom. The fourth-order valence-electron chi connectivity index (χ4n) is 1.79. The highest BCUT2D eigenvalue weighted by Crippen LogP contribution is 2.32. The second kappa shape index (κ2) is 4.85. The number of hydrogen-bond donors (Lipinski definition) is 2.